The van der Waals surface area contributed by atoms with Crippen molar-refractivity contribution in [3.8, 4) is 11.5 Å². The van der Waals surface area contributed by atoms with Crippen molar-refractivity contribution in [3.05, 3.63) is 35.9 Å². The second-order valence-corrected chi connectivity index (χ2v) is 3.86. The van der Waals surface area contributed by atoms with E-state index in [1.54, 1.807) is 21.3 Å². The second kappa shape index (κ2) is 5.71. The van der Waals surface area contributed by atoms with Gasteiger partial charge in [-0.05, 0) is 29.0 Å². The van der Waals surface area contributed by atoms with E-state index in [9.17, 15) is 0 Å². The van der Waals surface area contributed by atoms with Gasteiger partial charge in [-0.25, -0.2) is 0 Å². The van der Waals surface area contributed by atoms with Gasteiger partial charge in [0, 0.05) is 5.56 Å². The van der Waals surface area contributed by atoms with E-state index in [0.717, 1.165) is 27.8 Å². The summed E-state index contributed by atoms with van der Waals surface area (Å²) in [6, 6.07) is 9.97. The molecule has 0 aliphatic rings. The van der Waals surface area contributed by atoms with Crippen LogP contribution in [0, 0.1) is 0 Å². The number of methoxy groups -OCH3 is 2. The molecule has 4 heteroatoms. The Hall–Kier alpha value is -1.78. The predicted molar refractivity (Wildman–Crippen MR) is 70.9 cm³/mol. The third-order valence-electron chi connectivity index (χ3n) is 2.91. The van der Waals surface area contributed by atoms with Crippen LogP contribution < -0.4 is 15.0 Å². The Morgan fingerprint density at radius 1 is 1.00 bits per heavy atom. The van der Waals surface area contributed by atoms with E-state index in [1.807, 2.05) is 30.3 Å². The molecule has 0 aliphatic heterocycles. The first-order valence-corrected chi connectivity index (χ1v) is 5.69. The highest BCUT2D eigenvalue weighted by Crippen LogP contribution is 2.30. The smallest absolute Gasteiger partial charge is 0.124 e. The zero-order chi connectivity index (χ0) is 13.0. The molecule has 0 saturated heterocycles. The molecule has 0 saturated carbocycles. The summed E-state index contributed by atoms with van der Waals surface area (Å²) in [5.41, 5.74) is 3.90. The van der Waals surface area contributed by atoms with Crippen LogP contribution >= 0.6 is 0 Å². The van der Waals surface area contributed by atoms with Gasteiger partial charge < -0.3 is 14.3 Å². The van der Waals surface area contributed by atoms with Gasteiger partial charge in [0.25, 0.3) is 0 Å². The summed E-state index contributed by atoms with van der Waals surface area (Å²) in [6.45, 7) is 0.574. The number of hydrogen-bond acceptors (Lipinski definition) is 4. The Labute approximate surface area is 106 Å². The number of ether oxygens (including phenoxy) is 2. The second-order valence-electron chi connectivity index (χ2n) is 3.86. The first-order chi connectivity index (χ1) is 8.80. The van der Waals surface area contributed by atoms with Crippen molar-refractivity contribution in [2.45, 2.75) is 6.54 Å². The Bertz CT molecular complexity index is 535. The maximum absolute atomic E-state index is 5.39. The fraction of sp³-hybridized carbons (Fsp3) is 0.286. The predicted octanol–water partition coefficient (Wildman–Crippen LogP) is 2.51. The molecule has 2 aromatic rings. The normalized spacial score (nSPS) is 10.6. The van der Waals surface area contributed by atoms with Crippen LogP contribution in [0.1, 0.15) is 5.56 Å². The van der Waals surface area contributed by atoms with Crippen molar-refractivity contribution in [2.24, 2.45) is 0 Å². The summed E-state index contributed by atoms with van der Waals surface area (Å²) in [5.74, 6) is 1.66. The van der Waals surface area contributed by atoms with Crippen LogP contribution in [0.15, 0.2) is 30.3 Å². The molecule has 2 aromatic carbocycles. The summed E-state index contributed by atoms with van der Waals surface area (Å²) in [7, 11) is 4.92. The topological polar surface area (TPSA) is 39.7 Å². The van der Waals surface area contributed by atoms with Crippen LogP contribution in [0.25, 0.3) is 10.8 Å². The zero-order valence-corrected chi connectivity index (χ0v) is 10.8. The lowest BCUT2D eigenvalue weighted by molar-refractivity contribution is 0.0864. The molecule has 0 heterocycles. The fourth-order valence-electron chi connectivity index (χ4n) is 1.99. The van der Waals surface area contributed by atoms with Gasteiger partial charge in [-0.15, -0.1) is 0 Å². The van der Waals surface area contributed by atoms with Crippen molar-refractivity contribution < 1.29 is 14.3 Å². The molecule has 4 nitrogen and oxygen atoms in total. The lowest BCUT2D eigenvalue weighted by atomic mass is 10.0. The zero-order valence-electron chi connectivity index (χ0n) is 10.8. The van der Waals surface area contributed by atoms with Crippen molar-refractivity contribution >= 4 is 10.8 Å². The molecule has 2 rings (SSSR count). The van der Waals surface area contributed by atoms with Crippen LogP contribution in [0.4, 0.5) is 0 Å². The standard InChI is InChI=1S/C14H17NO3/c1-16-11-6-4-10-5-7-14(17-2)13(9-15-18-3)12(10)8-11/h4-8,15H,9H2,1-3H3. The Morgan fingerprint density at radius 2 is 1.78 bits per heavy atom. The molecule has 1 N–H and O–H groups in total. The third-order valence-corrected chi connectivity index (χ3v) is 2.91. The molecule has 0 aliphatic carbocycles. The van der Waals surface area contributed by atoms with E-state index in [1.165, 1.54) is 0 Å². The van der Waals surface area contributed by atoms with Gasteiger partial charge in [0.1, 0.15) is 11.5 Å². The van der Waals surface area contributed by atoms with E-state index < -0.39 is 0 Å². The third kappa shape index (κ3) is 2.39. The lowest BCUT2D eigenvalue weighted by Crippen LogP contribution is -2.12. The molecule has 0 aromatic heterocycles. The monoisotopic (exact) mass is 247 g/mol. The van der Waals surface area contributed by atoms with Crippen LogP contribution in [0.3, 0.4) is 0 Å². The molecule has 0 unspecified atom stereocenters. The molecule has 96 valence electrons. The Balaban J connectivity index is 2.58. The van der Waals surface area contributed by atoms with Gasteiger partial charge >= 0.3 is 0 Å². The van der Waals surface area contributed by atoms with Crippen LogP contribution in [0.2, 0.25) is 0 Å². The van der Waals surface area contributed by atoms with Crippen molar-refractivity contribution in [1.82, 2.24) is 5.48 Å². The minimum absolute atomic E-state index is 0.574. The highest BCUT2D eigenvalue weighted by atomic mass is 16.6. The van der Waals surface area contributed by atoms with Gasteiger partial charge in [-0.2, -0.15) is 5.48 Å². The summed E-state index contributed by atoms with van der Waals surface area (Å²) in [5, 5.41) is 2.24. The fourth-order valence-corrected chi connectivity index (χ4v) is 1.99. The van der Waals surface area contributed by atoms with Gasteiger partial charge in [0.15, 0.2) is 0 Å². The minimum atomic E-state index is 0.574. The van der Waals surface area contributed by atoms with E-state index in [-0.39, 0.29) is 0 Å². The molecular formula is C14H17NO3. The maximum Gasteiger partial charge on any atom is 0.124 e. The molecule has 0 atom stereocenters. The first-order valence-electron chi connectivity index (χ1n) is 5.69. The van der Waals surface area contributed by atoms with E-state index in [0.29, 0.717) is 6.54 Å². The summed E-state index contributed by atoms with van der Waals surface area (Å²) in [6.07, 6.45) is 0. The van der Waals surface area contributed by atoms with Crippen LogP contribution in [-0.4, -0.2) is 21.3 Å². The first kappa shape index (κ1) is 12.7. The lowest BCUT2D eigenvalue weighted by Gasteiger charge is -2.13. The molecule has 18 heavy (non-hydrogen) atoms. The summed E-state index contributed by atoms with van der Waals surface area (Å²) >= 11 is 0. The summed E-state index contributed by atoms with van der Waals surface area (Å²) < 4.78 is 10.7. The molecule has 0 fully saturated rings. The number of benzene rings is 2. The summed E-state index contributed by atoms with van der Waals surface area (Å²) in [4.78, 5) is 4.91. The van der Waals surface area contributed by atoms with E-state index >= 15 is 0 Å². The SMILES string of the molecule is CONCc1c(OC)ccc2ccc(OC)cc12. The molecule has 0 radical (unpaired) electrons. The molecular weight excluding hydrogens is 230 g/mol. The van der Waals surface area contributed by atoms with Gasteiger partial charge in [-0.1, -0.05) is 12.1 Å². The number of fused-ring (bicyclic) bond motifs is 1. The number of hydroxylamine groups is 1. The van der Waals surface area contributed by atoms with Crippen LogP contribution in [0.5, 0.6) is 11.5 Å². The van der Waals surface area contributed by atoms with Crippen LogP contribution in [-0.2, 0) is 11.4 Å². The quantitative estimate of drug-likeness (QED) is 0.824. The minimum Gasteiger partial charge on any atom is -0.497 e. The van der Waals surface area contributed by atoms with Crippen molar-refractivity contribution in [3.63, 3.8) is 0 Å². The van der Waals surface area contributed by atoms with Gasteiger partial charge in [0.05, 0.1) is 27.9 Å². The maximum atomic E-state index is 5.39. The average Bonchev–Trinajstić information content (AvgIpc) is 2.43. The number of nitrogens with one attached hydrogen (secondary N) is 1. The molecule has 0 bridgehead atoms. The Morgan fingerprint density at radius 3 is 2.44 bits per heavy atom. The number of rotatable bonds is 5. The largest absolute Gasteiger partial charge is 0.497 e. The number of hydrogen-bond donors (Lipinski definition) is 1. The van der Waals surface area contributed by atoms with Gasteiger partial charge in [-0.3, -0.25) is 0 Å². The van der Waals surface area contributed by atoms with E-state index in [2.05, 4.69) is 5.48 Å². The molecule has 0 spiro atoms. The van der Waals surface area contributed by atoms with Gasteiger partial charge in [0.2, 0.25) is 0 Å². The highest BCUT2D eigenvalue weighted by molar-refractivity contribution is 5.89. The van der Waals surface area contributed by atoms with Crippen molar-refractivity contribution in [1.29, 1.82) is 0 Å². The average molecular weight is 247 g/mol. The van der Waals surface area contributed by atoms with Crippen molar-refractivity contribution in [2.75, 3.05) is 21.3 Å². The van der Waals surface area contributed by atoms with E-state index in [4.69, 9.17) is 14.3 Å². The Kier molecular flexibility index (Phi) is 4.02. The highest BCUT2D eigenvalue weighted by Gasteiger charge is 2.09. The molecule has 0 amide bonds.